The van der Waals surface area contributed by atoms with Crippen LogP contribution in [0.2, 0.25) is 5.02 Å². The van der Waals surface area contributed by atoms with Gasteiger partial charge >= 0.3 is 12.1 Å². The van der Waals surface area contributed by atoms with E-state index in [-0.39, 0.29) is 31.3 Å². The lowest BCUT2D eigenvalue weighted by molar-refractivity contribution is -0.152. The summed E-state index contributed by atoms with van der Waals surface area (Å²) >= 11 is 6.21. The minimum absolute atomic E-state index is 0. The number of hydrogen-bond acceptors (Lipinski definition) is 6. The maximum absolute atomic E-state index is 12.9. The lowest BCUT2D eigenvalue weighted by atomic mass is 9.86. The molecule has 0 radical (unpaired) electrons. The Labute approximate surface area is 193 Å². The SMILES string of the molecule is COC(=O)[C@@H]1C[C@@H](OC(=O)N2Cc3cccc(Cl)c3C2)CN1C(=O)[C@@H](N)C(C)(C)C.Cl. The first-order chi connectivity index (χ1) is 14.0. The van der Waals surface area contributed by atoms with Gasteiger partial charge in [-0.1, -0.05) is 44.5 Å². The number of nitrogens with zero attached hydrogens (tertiary/aromatic N) is 2. The monoisotopic (exact) mass is 473 g/mol. The highest BCUT2D eigenvalue weighted by atomic mass is 35.5. The molecule has 0 saturated carbocycles. The van der Waals surface area contributed by atoms with E-state index in [1.165, 1.54) is 12.0 Å². The Morgan fingerprint density at radius 1 is 1.23 bits per heavy atom. The molecule has 1 aromatic carbocycles. The van der Waals surface area contributed by atoms with E-state index in [1.54, 1.807) is 11.0 Å². The second kappa shape index (κ2) is 9.63. The third-order valence-corrected chi connectivity index (χ3v) is 6.02. The van der Waals surface area contributed by atoms with Crippen molar-refractivity contribution in [3.8, 4) is 0 Å². The van der Waals surface area contributed by atoms with E-state index in [4.69, 9.17) is 26.8 Å². The van der Waals surface area contributed by atoms with Crippen LogP contribution in [0.4, 0.5) is 4.79 Å². The molecule has 2 N–H and O–H groups in total. The van der Waals surface area contributed by atoms with Gasteiger partial charge < -0.3 is 20.1 Å². The Morgan fingerprint density at radius 2 is 1.90 bits per heavy atom. The van der Waals surface area contributed by atoms with E-state index in [0.29, 0.717) is 18.1 Å². The maximum atomic E-state index is 12.9. The van der Waals surface area contributed by atoms with Crippen LogP contribution < -0.4 is 5.73 Å². The number of halogens is 2. The normalized spacial score (nSPS) is 21.2. The molecule has 2 aliphatic rings. The van der Waals surface area contributed by atoms with Gasteiger partial charge in [-0.3, -0.25) is 9.69 Å². The zero-order valence-electron chi connectivity index (χ0n) is 18.1. The van der Waals surface area contributed by atoms with Gasteiger partial charge in [-0.25, -0.2) is 9.59 Å². The summed E-state index contributed by atoms with van der Waals surface area (Å²) in [6.45, 7) is 6.42. The van der Waals surface area contributed by atoms with Crippen LogP contribution in [0.1, 0.15) is 38.3 Å². The fourth-order valence-electron chi connectivity index (χ4n) is 3.76. The van der Waals surface area contributed by atoms with Crippen molar-refractivity contribution < 1.29 is 23.9 Å². The van der Waals surface area contributed by atoms with Gasteiger partial charge in [0.2, 0.25) is 5.91 Å². The molecule has 0 spiro atoms. The van der Waals surface area contributed by atoms with Crippen LogP contribution in [-0.4, -0.2) is 59.6 Å². The summed E-state index contributed by atoms with van der Waals surface area (Å²) in [7, 11) is 1.26. The average molecular weight is 474 g/mol. The highest BCUT2D eigenvalue weighted by molar-refractivity contribution is 6.31. The quantitative estimate of drug-likeness (QED) is 0.676. The molecule has 2 heterocycles. The third-order valence-electron chi connectivity index (χ3n) is 5.67. The first kappa shape index (κ1) is 25.2. The Balaban J connectivity index is 0.00000341. The van der Waals surface area contributed by atoms with Crippen molar-refractivity contribution in [1.29, 1.82) is 0 Å². The third kappa shape index (κ3) is 5.25. The van der Waals surface area contributed by atoms with Crippen LogP contribution in [0.25, 0.3) is 0 Å². The van der Waals surface area contributed by atoms with Crippen molar-refractivity contribution >= 4 is 42.0 Å². The number of carbonyl (C=O) groups is 3. The highest BCUT2D eigenvalue weighted by Crippen LogP contribution is 2.31. The Kier molecular flexibility index (Phi) is 7.84. The fraction of sp³-hybridized carbons (Fsp3) is 0.571. The molecule has 0 aliphatic carbocycles. The largest absolute Gasteiger partial charge is 0.467 e. The van der Waals surface area contributed by atoms with Crippen LogP contribution in [0.5, 0.6) is 0 Å². The van der Waals surface area contributed by atoms with Gasteiger partial charge in [0.25, 0.3) is 0 Å². The summed E-state index contributed by atoms with van der Waals surface area (Å²) < 4.78 is 10.5. The van der Waals surface area contributed by atoms with E-state index < -0.39 is 35.7 Å². The summed E-state index contributed by atoms with van der Waals surface area (Å²) in [4.78, 5) is 40.8. The number of amides is 2. The summed E-state index contributed by atoms with van der Waals surface area (Å²) in [5.74, 6) is -0.917. The predicted molar refractivity (Wildman–Crippen MR) is 118 cm³/mol. The summed E-state index contributed by atoms with van der Waals surface area (Å²) in [6, 6.07) is 3.92. The van der Waals surface area contributed by atoms with E-state index in [0.717, 1.165) is 11.1 Å². The minimum atomic E-state index is -0.834. The Morgan fingerprint density at radius 3 is 2.48 bits per heavy atom. The Bertz CT molecular complexity index is 858. The molecule has 1 aromatic rings. The second-order valence-electron chi connectivity index (χ2n) is 8.85. The first-order valence-corrected chi connectivity index (χ1v) is 10.3. The molecular formula is C21H29Cl2N3O5. The van der Waals surface area contributed by atoms with Crippen molar-refractivity contribution in [3.63, 3.8) is 0 Å². The van der Waals surface area contributed by atoms with E-state index in [9.17, 15) is 14.4 Å². The van der Waals surface area contributed by atoms with Crippen LogP contribution in [0, 0.1) is 5.41 Å². The number of ether oxygens (including phenoxy) is 2. The van der Waals surface area contributed by atoms with Gasteiger partial charge in [-0.05, 0) is 22.6 Å². The second-order valence-corrected chi connectivity index (χ2v) is 9.26. The maximum Gasteiger partial charge on any atom is 0.410 e. The van der Waals surface area contributed by atoms with E-state index in [1.807, 2.05) is 32.9 Å². The summed E-state index contributed by atoms with van der Waals surface area (Å²) in [6.07, 6.45) is -0.968. The zero-order chi connectivity index (χ0) is 22.2. The van der Waals surface area contributed by atoms with Crippen molar-refractivity contribution in [2.75, 3.05) is 13.7 Å². The molecule has 0 bridgehead atoms. The topological polar surface area (TPSA) is 102 Å². The molecule has 2 aliphatic heterocycles. The molecule has 1 saturated heterocycles. The number of hydrogen-bond donors (Lipinski definition) is 1. The molecule has 1 fully saturated rings. The van der Waals surface area contributed by atoms with Gasteiger partial charge in [0.05, 0.1) is 26.2 Å². The van der Waals surface area contributed by atoms with E-state index in [2.05, 4.69) is 0 Å². The number of benzene rings is 1. The van der Waals surface area contributed by atoms with Gasteiger partial charge in [0, 0.05) is 18.0 Å². The molecular weight excluding hydrogens is 445 g/mol. The van der Waals surface area contributed by atoms with Crippen LogP contribution in [0.15, 0.2) is 18.2 Å². The van der Waals surface area contributed by atoms with Gasteiger partial charge in [0.15, 0.2) is 0 Å². The lowest BCUT2D eigenvalue weighted by Gasteiger charge is -2.32. The molecule has 3 atom stereocenters. The minimum Gasteiger partial charge on any atom is -0.467 e. The summed E-state index contributed by atoms with van der Waals surface area (Å²) in [5, 5.41) is 0.613. The van der Waals surface area contributed by atoms with Gasteiger partial charge in [0.1, 0.15) is 12.1 Å². The van der Waals surface area contributed by atoms with Crippen molar-refractivity contribution in [2.24, 2.45) is 11.1 Å². The van der Waals surface area contributed by atoms with Crippen molar-refractivity contribution in [1.82, 2.24) is 9.80 Å². The number of carbonyl (C=O) groups excluding carboxylic acids is 3. The predicted octanol–water partition coefficient (Wildman–Crippen LogP) is 2.73. The van der Waals surface area contributed by atoms with Crippen LogP contribution in [-0.2, 0) is 32.2 Å². The molecule has 8 nitrogen and oxygen atoms in total. The van der Waals surface area contributed by atoms with Crippen LogP contribution >= 0.6 is 24.0 Å². The zero-order valence-corrected chi connectivity index (χ0v) is 19.7. The van der Waals surface area contributed by atoms with Crippen molar-refractivity contribution in [3.05, 3.63) is 34.3 Å². The number of nitrogens with two attached hydrogens (primary N) is 1. The van der Waals surface area contributed by atoms with Crippen LogP contribution in [0.3, 0.4) is 0 Å². The molecule has 2 amide bonds. The molecule has 172 valence electrons. The molecule has 3 rings (SSSR count). The number of likely N-dealkylation sites (tertiary alicyclic amines) is 1. The van der Waals surface area contributed by atoms with E-state index >= 15 is 0 Å². The van der Waals surface area contributed by atoms with Gasteiger partial charge in [-0.2, -0.15) is 0 Å². The van der Waals surface area contributed by atoms with Gasteiger partial charge in [-0.15, -0.1) is 12.4 Å². The lowest BCUT2D eigenvalue weighted by Crippen LogP contribution is -2.53. The number of rotatable bonds is 3. The molecule has 31 heavy (non-hydrogen) atoms. The number of esters is 1. The molecule has 10 heteroatoms. The summed E-state index contributed by atoms with van der Waals surface area (Å²) in [5.41, 5.74) is 7.52. The number of fused-ring (bicyclic) bond motifs is 1. The number of methoxy groups -OCH3 is 1. The van der Waals surface area contributed by atoms with Crippen molar-refractivity contribution in [2.45, 2.75) is 58.5 Å². The highest BCUT2D eigenvalue weighted by Gasteiger charge is 2.45. The Hall–Kier alpha value is -2.03. The fourth-order valence-corrected chi connectivity index (χ4v) is 4.02. The standard InChI is InChI=1S/C21H28ClN3O5.ClH/c1-21(2,3)17(23)18(26)25-10-13(8-16(25)19(27)29-4)30-20(28)24-9-12-6-5-7-15(22)14(12)11-24;/h5-7,13,16-17H,8-11,23H2,1-4H3;1H/t13-,16+,17-;/m1./s1. The molecule has 0 aromatic heterocycles. The molecule has 0 unspecified atom stereocenters. The smallest absolute Gasteiger partial charge is 0.410 e. The average Bonchev–Trinajstić information content (AvgIpc) is 3.30. The first-order valence-electron chi connectivity index (χ1n) is 9.88.